The van der Waals surface area contributed by atoms with Gasteiger partial charge in [-0.05, 0) is 47.5 Å². The maximum atomic E-state index is 6.31. The topological polar surface area (TPSA) is 26.3 Å². The number of fused-ring (bicyclic) bond motifs is 9. The van der Waals surface area contributed by atoms with Crippen LogP contribution in [0.4, 0.5) is 0 Å². The molecule has 6 rings (SSSR count). The standard InChI is InChI=1S/C22H10I2O2S2/c23-27-16-9-11-10-17(28-24)22-20(13-6-2-4-8-15(13)26-22)18(11)19-12-5-1-3-7-14(12)25-21(16)19/h1-10H. The highest BCUT2D eigenvalue weighted by atomic mass is 127. The van der Waals surface area contributed by atoms with Gasteiger partial charge in [0.15, 0.2) is 0 Å². The fourth-order valence-electron chi connectivity index (χ4n) is 4.06. The highest BCUT2D eigenvalue weighted by Crippen LogP contribution is 2.48. The molecular weight excluding hydrogens is 614 g/mol. The van der Waals surface area contributed by atoms with Gasteiger partial charge in [-0.2, -0.15) is 0 Å². The molecule has 0 amide bonds. The SMILES string of the molecule is ISc1cc2cc(SI)c3oc4ccccc4c3c2c2c1oc1ccccc12. The summed E-state index contributed by atoms with van der Waals surface area (Å²) in [7, 11) is 3.39. The van der Waals surface area contributed by atoms with E-state index in [9.17, 15) is 0 Å². The quantitative estimate of drug-likeness (QED) is 0.179. The fraction of sp³-hybridized carbons (Fsp3) is 0. The van der Waals surface area contributed by atoms with Gasteiger partial charge in [0.05, 0.1) is 9.79 Å². The molecule has 2 nitrogen and oxygen atoms in total. The summed E-state index contributed by atoms with van der Waals surface area (Å²) in [4.78, 5) is 2.30. The smallest absolute Gasteiger partial charge is 0.150 e. The molecule has 0 atom stereocenters. The number of benzene rings is 4. The van der Waals surface area contributed by atoms with Crippen molar-refractivity contribution in [1.82, 2.24) is 0 Å². The minimum absolute atomic E-state index is 0.921. The van der Waals surface area contributed by atoms with Crippen LogP contribution in [0.25, 0.3) is 54.6 Å². The lowest BCUT2D eigenvalue weighted by Gasteiger charge is -2.07. The van der Waals surface area contributed by atoms with Crippen LogP contribution in [-0.2, 0) is 0 Å². The molecule has 2 heterocycles. The lowest BCUT2D eigenvalue weighted by Crippen LogP contribution is -1.82. The lowest BCUT2D eigenvalue weighted by atomic mass is 9.98. The first-order chi connectivity index (χ1) is 13.8. The molecule has 0 N–H and O–H groups in total. The van der Waals surface area contributed by atoms with Crippen molar-refractivity contribution in [3.63, 3.8) is 0 Å². The van der Waals surface area contributed by atoms with Crippen molar-refractivity contribution in [2.24, 2.45) is 0 Å². The molecule has 4 aromatic carbocycles. The van der Waals surface area contributed by atoms with Crippen molar-refractivity contribution >= 4 is 115 Å². The average molecular weight is 624 g/mol. The van der Waals surface area contributed by atoms with E-state index in [1.807, 2.05) is 24.3 Å². The third-order valence-corrected chi connectivity index (χ3v) is 8.95. The molecule has 136 valence electrons. The van der Waals surface area contributed by atoms with Crippen LogP contribution in [0, 0.1) is 0 Å². The van der Waals surface area contributed by atoms with E-state index in [1.165, 1.54) is 21.5 Å². The molecule has 0 fully saturated rings. The summed E-state index contributed by atoms with van der Waals surface area (Å²) in [6.07, 6.45) is 0. The predicted molar refractivity (Wildman–Crippen MR) is 138 cm³/mol. The van der Waals surface area contributed by atoms with Crippen molar-refractivity contribution in [2.45, 2.75) is 9.79 Å². The van der Waals surface area contributed by atoms with E-state index in [-0.39, 0.29) is 0 Å². The van der Waals surface area contributed by atoms with Crippen molar-refractivity contribution in [3.8, 4) is 0 Å². The van der Waals surface area contributed by atoms with Crippen LogP contribution >= 0.6 is 60.3 Å². The Balaban J connectivity index is 2.01. The van der Waals surface area contributed by atoms with Crippen molar-refractivity contribution in [3.05, 3.63) is 60.7 Å². The zero-order valence-corrected chi connectivity index (χ0v) is 20.1. The van der Waals surface area contributed by atoms with Crippen LogP contribution in [0.15, 0.2) is 79.3 Å². The third-order valence-electron chi connectivity index (χ3n) is 5.17. The summed E-state index contributed by atoms with van der Waals surface area (Å²) < 4.78 is 12.6. The molecule has 0 saturated carbocycles. The van der Waals surface area contributed by atoms with Gasteiger partial charge in [0, 0.05) is 69.3 Å². The molecule has 28 heavy (non-hydrogen) atoms. The lowest BCUT2D eigenvalue weighted by molar-refractivity contribution is 0.660. The normalized spacial score (nSPS) is 12.2. The van der Waals surface area contributed by atoms with Gasteiger partial charge in [-0.25, -0.2) is 0 Å². The highest BCUT2D eigenvalue weighted by molar-refractivity contribution is 14.2. The van der Waals surface area contributed by atoms with E-state index >= 15 is 0 Å². The molecule has 0 aliphatic carbocycles. The first-order valence-corrected chi connectivity index (χ1v) is 15.3. The Labute approximate surface area is 192 Å². The number of furan rings is 2. The Morgan fingerprint density at radius 2 is 1.07 bits per heavy atom. The maximum Gasteiger partial charge on any atom is 0.150 e. The van der Waals surface area contributed by atoms with Gasteiger partial charge in [-0.3, -0.25) is 0 Å². The third kappa shape index (κ3) is 2.41. The second kappa shape index (κ2) is 6.72. The summed E-state index contributed by atoms with van der Waals surface area (Å²) in [5.74, 6) is 0. The van der Waals surface area contributed by atoms with E-state index in [2.05, 4.69) is 78.8 Å². The van der Waals surface area contributed by atoms with Gasteiger partial charge in [0.1, 0.15) is 22.3 Å². The molecule has 6 heteroatoms. The molecule has 0 aliphatic heterocycles. The van der Waals surface area contributed by atoms with Crippen LogP contribution < -0.4 is 0 Å². The number of rotatable bonds is 2. The Bertz CT molecular complexity index is 1440. The molecule has 0 unspecified atom stereocenters. The second-order valence-corrected chi connectivity index (χ2v) is 10.4. The van der Waals surface area contributed by atoms with Gasteiger partial charge in [-0.15, -0.1) is 0 Å². The monoisotopic (exact) mass is 624 g/mol. The second-order valence-electron chi connectivity index (χ2n) is 6.61. The Hall–Kier alpha value is -1.10. The zero-order chi connectivity index (χ0) is 18.8. The van der Waals surface area contributed by atoms with Gasteiger partial charge >= 0.3 is 0 Å². The van der Waals surface area contributed by atoms with E-state index in [0.717, 1.165) is 42.9 Å². The first kappa shape index (κ1) is 17.7. The summed E-state index contributed by atoms with van der Waals surface area (Å²) in [6.45, 7) is 0. The molecule has 0 radical (unpaired) electrons. The Morgan fingerprint density at radius 3 is 1.54 bits per heavy atom. The van der Waals surface area contributed by atoms with Gasteiger partial charge in [0.2, 0.25) is 0 Å². The molecular formula is C22H10I2O2S2. The van der Waals surface area contributed by atoms with E-state index in [0.29, 0.717) is 0 Å². The van der Waals surface area contributed by atoms with Crippen molar-refractivity contribution < 1.29 is 8.83 Å². The van der Waals surface area contributed by atoms with E-state index in [4.69, 9.17) is 8.83 Å². The largest absolute Gasteiger partial charge is 0.455 e. The van der Waals surface area contributed by atoms with Crippen LogP contribution in [0.3, 0.4) is 0 Å². The van der Waals surface area contributed by atoms with Gasteiger partial charge < -0.3 is 8.83 Å². The van der Waals surface area contributed by atoms with Crippen LogP contribution in [0.5, 0.6) is 0 Å². The molecule has 0 saturated heterocycles. The minimum atomic E-state index is 0.921. The van der Waals surface area contributed by atoms with Crippen LogP contribution in [-0.4, -0.2) is 0 Å². The van der Waals surface area contributed by atoms with Gasteiger partial charge in [-0.1, -0.05) is 36.4 Å². The molecule has 2 aromatic heterocycles. The van der Waals surface area contributed by atoms with E-state index in [1.54, 1.807) is 17.9 Å². The summed E-state index contributed by atoms with van der Waals surface area (Å²) in [5, 5.41) is 7.08. The minimum Gasteiger partial charge on any atom is -0.455 e. The van der Waals surface area contributed by atoms with Crippen LogP contribution in [0.1, 0.15) is 0 Å². The number of halogens is 2. The number of hydrogen-bond donors (Lipinski definition) is 0. The Kier molecular flexibility index (Phi) is 4.25. The number of hydrogen-bond acceptors (Lipinski definition) is 4. The van der Waals surface area contributed by atoms with Crippen molar-refractivity contribution in [1.29, 1.82) is 0 Å². The molecule has 0 spiro atoms. The highest BCUT2D eigenvalue weighted by Gasteiger charge is 2.21. The van der Waals surface area contributed by atoms with Gasteiger partial charge in [0.25, 0.3) is 0 Å². The molecule has 6 aromatic rings. The van der Waals surface area contributed by atoms with Crippen LogP contribution in [0.2, 0.25) is 0 Å². The average Bonchev–Trinajstić information content (AvgIpc) is 3.31. The first-order valence-electron chi connectivity index (χ1n) is 8.59. The predicted octanol–water partition coefficient (Wildman–Crippen LogP) is 9.52. The molecule has 0 aliphatic rings. The summed E-state index contributed by atoms with van der Waals surface area (Å²) in [5.41, 5.74) is 3.75. The maximum absolute atomic E-state index is 6.31. The fourth-order valence-corrected chi connectivity index (χ4v) is 6.80. The van der Waals surface area contributed by atoms with Crippen molar-refractivity contribution in [2.75, 3.05) is 0 Å². The number of para-hydroxylation sites is 2. The molecule has 0 bridgehead atoms. The van der Waals surface area contributed by atoms with E-state index < -0.39 is 0 Å². The zero-order valence-electron chi connectivity index (χ0n) is 14.2. The Morgan fingerprint density at radius 1 is 0.607 bits per heavy atom. The summed E-state index contributed by atoms with van der Waals surface area (Å²) >= 11 is 4.68. The summed E-state index contributed by atoms with van der Waals surface area (Å²) in [6, 6.07) is 21.1.